The minimum Gasteiger partial charge on any atom is -0.490 e. The van der Waals surface area contributed by atoms with E-state index in [2.05, 4.69) is 19.6 Å². The fourth-order valence-corrected chi connectivity index (χ4v) is 5.68. The van der Waals surface area contributed by atoms with Crippen LogP contribution in [0.5, 0.6) is 5.75 Å². The molecule has 0 atom stereocenters. The molecule has 0 spiro atoms. The fraction of sp³-hybridized carbons (Fsp3) is 0.167. The number of aromatic nitrogens is 2. The molecule has 3 aromatic carbocycles. The lowest BCUT2D eigenvalue weighted by molar-refractivity contribution is 0.311. The Kier molecular flexibility index (Phi) is 5.57. The van der Waals surface area contributed by atoms with Crippen LogP contribution in [0.3, 0.4) is 0 Å². The molecule has 1 aliphatic rings. The van der Waals surface area contributed by atoms with Gasteiger partial charge in [0, 0.05) is 12.6 Å². The highest BCUT2D eigenvalue weighted by Crippen LogP contribution is 2.38. The first kappa shape index (κ1) is 23.0. The molecule has 0 amide bonds. The number of H-pyrrole nitrogens is 2. The molecule has 3 N–H and O–H groups in total. The van der Waals surface area contributed by atoms with E-state index in [0.29, 0.717) is 22.7 Å². The Morgan fingerprint density at radius 3 is 2.43 bits per heavy atom. The number of aryl methyl sites for hydroxylation is 1. The van der Waals surface area contributed by atoms with Gasteiger partial charge >= 0.3 is 11.1 Å². The number of benzene rings is 3. The summed E-state index contributed by atoms with van der Waals surface area (Å²) in [5, 5.41) is 0.377. The molecule has 0 unspecified atom stereocenters. The van der Waals surface area contributed by atoms with Gasteiger partial charge in [-0.05, 0) is 54.4 Å². The van der Waals surface area contributed by atoms with E-state index in [0.717, 1.165) is 29.1 Å². The van der Waals surface area contributed by atoms with Crippen molar-refractivity contribution in [1.29, 1.82) is 0 Å². The maximum atomic E-state index is 13.1. The molecule has 11 heteroatoms. The second-order valence-electron chi connectivity index (χ2n) is 8.32. The van der Waals surface area contributed by atoms with Crippen LogP contribution in [0, 0.1) is 6.92 Å². The molecule has 1 aliphatic heterocycles. The van der Waals surface area contributed by atoms with Crippen molar-refractivity contribution in [2.24, 2.45) is 0 Å². The van der Waals surface area contributed by atoms with Crippen molar-refractivity contribution in [3.05, 3.63) is 79.8 Å². The first-order valence-electron chi connectivity index (χ1n) is 10.7. The molecule has 5 rings (SSSR count). The number of fused-ring (bicyclic) bond motifs is 2. The molecule has 1 aromatic heterocycles. The molecule has 0 saturated heterocycles. The van der Waals surface area contributed by atoms with Crippen LogP contribution in [-0.4, -0.2) is 38.6 Å². The average molecular weight is 513 g/mol. The van der Waals surface area contributed by atoms with Gasteiger partial charge in [-0.25, -0.2) is 8.42 Å². The topological polar surface area (TPSA) is 124 Å². The van der Waals surface area contributed by atoms with Crippen LogP contribution in [0.1, 0.15) is 5.56 Å². The molecule has 0 aliphatic carbocycles. The van der Waals surface area contributed by atoms with E-state index >= 15 is 0 Å². The quantitative estimate of drug-likeness (QED) is 0.360. The van der Waals surface area contributed by atoms with Gasteiger partial charge in [0.2, 0.25) is 0 Å². The number of likely N-dealkylation sites (N-methyl/N-ethyl adjacent to an activating group) is 1. The van der Waals surface area contributed by atoms with Crippen molar-refractivity contribution in [2.45, 2.75) is 11.8 Å². The Morgan fingerprint density at radius 1 is 1.00 bits per heavy atom. The molecule has 4 aromatic rings. The molecule has 0 saturated carbocycles. The minimum atomic E-state index is -4.02. The van der Waals surface area contributed by atoms with Gasteiger partial charge in [-0.2, -0.15) is 0 Å². The Morgan fingerprint density at radius 2 is 1.71 bits per heavy atom. The standard InChI is InChI=1S/C24H21ClN4O5S/c1-13-9-18-19(27-24(31)23(30)26-18)12-22(13)35(32,33)28-15-4-5-16(17(25)11-15)14-3-6-21-20(10-14)29(2)7-8-34-21/h3-6,9-12,28H,7-8H2,1-2H3,(H,26,30)(H,27,31). The normalized spacial score (nSPS) is 13.4. The number of ether oxygens (including phenoxy) is 1. The van der Waals surface area contributed by atoms with E-state index in [4.69, 9.17) is 16.3 Å². The lowest BCUT2D eigenvalue weighted by Crippen LogP contribution is -2.29. The fourth-order valence-electron chi connectivity index (χ4n) is 4.08. The third-order valence-corrected chi connectivity index (χ3v) is 7.73. The van der Waals surface area contributed by atoms with Gasteiger partial charge in [0.25, 0.3) is 10.0 Å². The Balaban J connectivity index is 1.47. The minimum absolute atomic E-state index is 0.0365. The zero-order valence-corrected chi connectivity index (χ0v) is 20.4. The summed E-state index contributed by atoms with van der Waals surface area (Å²) < 4.78 is 34.5. The van der Waals surface area contributed by atoms with Crippen LogP contribution in [0.4, 0.5) is 11.4 Å². The van der Waals surface area contributed by atoms with Crippen molar-refractivity contribution in [2.75, 3.05) is 29.8 Å². The maximum Gasteiger partial charge on any atom is 0.314 e. The molecule has 9 nitrogen and oxygen atoms in total. The summed E-state index contributed by atoms with van der Waals surface area (Å²) in [6, 6.07) is 13.5. The van der Waals surface area contributed by atoms with Crippen molar-refractivity contribution < 1.29 is 13.2 Å². The van der Waals surface area contributed by atoms with E-state index in [9.17, 15) is 18.0 Å². The summed E-state index contributed by atoms with van der Waals surface area (Å²) in [5.74, 6) is 0.805. The maximum absolute atomic E-state index is 13.1. The molecule has 0 bridgehead atoms. The number of aromatic amines is 2. The lowest BCUT2D eigenvalue weighted by Gasteiger charge is -2.28. The first-order valence-corrected chi connectivity index (χ1v) is 12.6. The summed E-state index contributed by atoms with van der Waals surface area (Å²) in [7, 11) is -2.03. The first-order chi connectivity index (χ1) is 16.6. The number of nitrogens with one attached hydrogen (secondary N) is 3. The van der Waals surface area contributed by atoms with E-state index in [1.54, 1.807) is 25.1 Å². The monoisotopic (exact) mass is 512 g/mol. The molecular weight excluding hydrogens is 492 g/mol. The van der Waals surface area contributed by atoms with Gasteiger partial charge in [0.05, 0.1) is 38.9 Å². The van der Waals surface area contributed by atoms with Gasteiger partial charge in [-0.1, -0.05) is 23.7 Å². The molecule has 2 heterocycles. The van der Waals surface area contributed by atoms with Crippen LogP contribution in [0.25, 0.3) is 22.2 Å². The van der Waals surface area contributed by atoms with Crippen LogP contribution in [0.15, 0.2) is 63.0 Å². The van der Waals surface area contributed by atoms with E-state index in [-0.39, 0.29) is 16.1 Å². The predicted molar refractivity (Wildman–Crippen MR) is 136 cm³/mol. The molecule has 0 radical (unpaired) electrons. The van der Waals surface area contributed by atoms with E-state index in [1.165, 1.54) is 12.1 Å². The molecule has 0 fully saturated rings. The average Bonchev–Trinajstić information content (AvgIpc) is 2.80. The largest absolute Gasteiger partial charge is 0.490 e. The molecular formula is C24H21ClN4O5S. The van der Waals surface area contributed by atoms with Gasteiger partial charge in [0.1, 0.15) is 12.4 Å². The summed E-state index contributed by atoms with van der Waals surface area (Å²) in [5.41, 5.74) is 2.14. The van der Waals surface area contributed by atoms with Gasteiger partial charge < -0.3 is 19.6 Å². The van der Waals surface area contributed by atoms with E-state index in [1.807, 2.05) is 25.2 Å². The molecule has 35 heavy (non-hydrogen) atoms. The third-order valence-electron chi connectivity index (χ3n) is 5.89. The predicted octanol–water partition coefficient (Wildman–Crippen LogP) is 3.47. The van der Waals surface area contributed by atoms with Crippen molar-refractivity contribution in [3.8, 4) is 16.9 Å². The SMILES string of the molecule is Cc1cc2[nH]c(=O)c(=O)[nH]c2cc1S(=O)(=O)Nc1ccc(-c2ccc3c(c2)N(C)CCO3)c(Cl)c1. The molecule has 180 valence electrons. The number of anilines is 2. The summed E-state index contributed by atoms with van der Waals surface area (Å²) in [6.07, 6.45) is 0. The van der Waals surface area contributed by atoms with Crippen LogP contribution in [0.2, 0.25) is 5.02 Å². The van der Waals surface area contributed by atoms with Crippen molar-refractivity contribution >= 4 is 44.0 Å². The summed E-state index contributed by atoms with van der Waals surface area (Å²) in [4.78, 5) is 30.1. The zero-order chi connectivity index (χ0) is 24.9. The zero-order valence-electron chi connectivity index (χ0n) is 18.8. The summed E-state index contributed by atoms with van der Waals surface area (Å²) in [6.45, 7) is 3.01. The second kappa shape index (κ2) is 8.47. The highest BCUT2D eigenvalue weighted by molar-refractivity contribution is 7.92. The number of hydrogen-bond acceptors (Lipinski definition) is 6. The van der Waals surface area contributed by atoms with Crippen LogP contribution < -0.4 is 25.5 Å². The number of nitrogens with zero attached hydrogens (tertiary/aromatic N) is 1. The highest BCUT2D eigenvalue weighted by Gasteiger charge is 2.20. The number of hydrogen-bond donors (Lipinski definition) is 3. The number of sulfonamides is 1. The number of rotatable bonds is 4. The number of halogens is 1. The van der Waals surface area contributed by atoms with Crippen LogP contribution >= 0.6 is 11.6 Å². The van der Waals surface area contributed by atoms with E-state index < -0.39 is 21.1 Å². The lowest BCUT2D eigenvalue weighted by atomic mass is 10.0. The smallest absolute Gasteiger partial charge is 0.314 e. The Bertz CT molecular complexity index is 1710. The Hall–Kier alpha value is -3.76. The highest BCUT2D eigenvalue weighted by atomic mass is 35.5. The van der Waals surface area contributed by atoms with Crippen LogP contribution in [-0.2, 0) is 10.0 Å². The van der Waals surface area contributed by atoms with Gasteiger partial charge in [0.15, 0.2) is 0 Å². The van der Waals surface area contributed by atoms with Crippen molar-refractivity contribution in [1.82, 2.24) is 9.97 Å². The van der Waals surface area contributed by atoms with Gasteiger partial charge in [-0.15, -0.1) is 0 Å². The van der Waals surface area contributed by atoms with Crippen molar-refractivity contribution in [3.63, 3.8) is 0 Å². The third kappa shape index (κ3) is 4.26. The summed E-state index contributed by atoms with van der Waals surface area (Å²) >= 11 is 6.55. The Labute approximate surface area is 205 Å². The second-order valence-corrected chi connectivity index (χ2v) is 10.4. The van der Waals surface area contributed by atoms with Gasteiger partial charge in [-0.3, -0.25) is 14.3 Å².